The number of hydrogen-bond acceptors (Lipinski definition) is 4. The average molecular weight is 375 g/mol. The van der Waals surface area contributed by atoms with E-state index in [1.165, 1.54) is 44.1 Å². The van der Waals surface area contributed by atoms with Gasteiger partial charge >= 0.3 is 0 Å². The van der Waals surface area contributed by atoms with Gasteiger partial charge in [-0.15, -0.1) is 0 Å². The minimum atomic E-state index is 0.203. The molecule has 1 unspecified atom stereocenters. The summed E-state index contributed by atoms with van der Waals surface area (Å²) in [5, 5.41) is 3.45. The molecule has 0 aromatic heterocycles. The van der Waals surface area contributed by atoms with E-state index in [0.29, 0.717) is 18.5 Å². The molecule has 2 fully saturated rings. The molecule has 6 heteroatoms. The molecule has 0 spiro atoms. The molecule has 3 N–H and O–H groups in total. The maximum Gasteiger partial charge on any atom is 0.188 e. The van der Waals surface area contributed by atoms with Crippen LogP contribution in [0.25, 0.3) is 0 Å². The van der Waals surface area contributed by atoms with Crippen LogP contribution in [0.5, 0.6) is 5.75 Å². The predicted octanol–water partition coefficient (Wildman–Crippen LogP) is 2.70. The van der Waals surface area contributed by atoms with Crippen molar-refractivity contribution in [3.05, 3.63) is 29.8 Å². The van der Waals surface area contributed by atoms with Gasteiger partial charge in [0.05, 0.1) is 32.9 Å². The summed E-state index contributed by atoms with van der Waals surface area (Å²) in [6.07, 6.45) is 7.64. The van der Waals surface area contributed by atoms with Crippen molar-refractivity contribution in [1.82, 2.24) is 10.2 Å². The topological polar surface area (TPSA) is 72.1 Å². The molecule has 1 saturated heterocycles. The molecular weight excluding hydrogens is 340 g/mol. The highest BCUT2D eigenvalue weighted by Crippen LogP contribution is 2.24. The lowest BCUT2D eigenvalue weighted by atomic mass is 10.0. The molecule has 1 saturated carbocycles. The third-order valence-electron chi connectivity index (χ3n) is 5.63. The maximum atomic E-state index is 6.23. The summed E-state index contributed by atoms with van der Waals surface area (Å²) in [7, 11) is 1.69. The number of hydrogen-bond donors (Lipinski definition) is 2. The minimum absolute atomic E-state index is 0.203. The summed E-state index contributed by atoms with van der Waals surface area (Å²) in [4.78, 5) is 7.15. The first-order valence-corrected chi connectivity index (χ1v) is 10.3. The molecule has 150 valence electrons. The molecule has 1 atom stereocenters. The molecule has 0 radical (unpaired) electrons. The summed E-state index contributed by atoms with van der Waals surface area (Å²) in [5.41, 5.74) is 7.47. The van der Waals surface area contributed by atoms with E-state index in [1.807, 2.05) is 12.1 Å². The van der Waals surface area contributed by atoms with Crippen molar-refractivity contribution in [2.45, 2.75) is 50.6 Å². The fraction of sp³-hybridized carbons (Fsp3) is 0.667. The summed E-state index contributed by atoms with van der Waals surface area (Å²) in [6, 6.07) is 8.96. The Hall–Kier alpha value is -1.79. The van der Waals surface area contributed by atoms with E-state index in [-0.39, 0.29) is 6.04 Å². The Labute approximate surface area is 163 Å². The zero-order valence-electron chi connectivity index (χ0n) is 16.5. The van der Waals surface area contributed by atoms with Gasteiger partial charge in [0.1, 0.15) is 5.75 Å². The Morgan fingerprint density at radius 2 is 1.85 bits per heavy atom. The zero-order chi connectivity index (χ0) is 18.9. The fourth-order valence-electron chi connectivity index (χ4n) is 4.01. The number of nitrogens with zero attached hydrogens (tertiary/aromatic N) is 2. The van der Waals surface area contributed by atoms with E-state index >= 15 is 0 Å². The molecule has 2 aliphatic rings. The number of methoxy groups -OCH3 is 1. The van der Waals surface area contributed by atoms with Gasteiger partial charge in [-0.2, -0.15) is 0 Å². The van der Waals surface area contributed by atoms with Gasteiger partial charge < -0.3 is 20.5 Å². The van der Waals surface area contributed by atoms with Crippen molar-refractivity contribution >= 4 is 5.96 Å². The molecule has 27 heavy (non-hydrogen) atoms. The van der Waals surface area contributed by atoms with Crippen LogP contribution in [0, 0.1) is 0 Å². The lowest BCUT2D eigenvalue weighted by Crippen LogP contribution is -2.42. The Morgan fingerprint density at radius 3 is 2.48 bits per heavy atom. The number of nitrogens with two attached hydrogens (primary N) is 1. The number of ether oxygens (including phenoxy) is 2. The highest BCUT2D eigenvalue weighted by atomic mass is 16.5. The smallest absolute Gasteiger partial charge is 0.188 e. The van der Waals surface area contributed by atoms with E-state index < -0.39 is 0 Å². The van der Waals surface area contributed by atoms with Crippen LogP contribution >= 0.6 is 0 Å². The lowest BCUT2D eigenvalue weighted by molar-refractivity contribution is 0.0179. The first-order valence-electron chi connectivity index (χ1n) is 10.3. The highest BCUT2D eigenvalue weighted by Gasteiger charge is 2.23. The Bertz CT molecular complexity index is 576. The summed E-state index contributed by atoms with van der Waals surface area (Å²) < 4.78 is 10.8. The largest absolute Gasteiger partial charge is 0.497 e. The van der Waals surface area contributed by atoms with Gasteiger partial charge in [0.25, 0.3) is 0 Å². The predicted molar refractivity (Wildman–Crippen MR) is 109 cm³/mol. The molecule has 1 heterocycles. The zero-order valence-corrected chi connectivity index (χ0v) is 16.5. The molecule has 0 amide bonds. The van der Waals surface area contributed by atoms with Gasteiger partial charge in [0.15, 0.2) is 5.96 Å². The van der Waals surface area contributed by atoms with Crippen LogP contribution in [0.1, 0.15) is 50.1 Å². The van der Waals surface area contributed by atoms with Gasteiger partial charge in [-0.1, -0.05) is 37.8 Å². The van der Waals surface area contributed by atoms with Crippen molar-refractivity contribution < 1.29 is 9.47 Å². The third kappa shape index (κ3) is 6.11. The molecule has 1 aliphatic carbocycles. The molecule has 0 bridgehead atoms. The normalized spacial score (nSPS) is 21.4. The quantitative estimate of drug-likeness (QED) is 0.455. The lowest BCUT2D eigenvalue weighted by Gasteiger charge is -2.34. The van der Waals surface area contributed by atoms with E-state index in [4.69, 9.17) is 20.2 Å². The summed E-state index contributed by atoms with van der Waals surface area (Å²) >= 11 is 0. The van der Waals surface area contributed by atoms with Crippen LogP contribution in [0.15, 0.2) is 29.3 Å². The van der Waals surface area contributed by atoms with E-state index in [1.54, 1.807) is 7.11 Å². The molecule has 6 nitrogen and oxygen atoms in total. The fourth-order valence-corrected chi connectivity index (χ4v) is 4.01. The van der Waals surface area contributed by atoms with E-state index in [2.05, 4.69) is 22.3 Å². The number of benzene rings is 1. The van der Waals surface area contributed by atoms with Crippen molar-refractivity contribution in [2.24, 2.45) is 10.7 Å². The Kier molecular flexibility index (Phi) is 7.78. The molecular formula is C21H34N4O2. The Balaban J connectivity index is 1.65. The number of aliphatic imine (C=N–C) groups is 1. The monoisotopic (exact) mass is 374 g/mol. The number of morpholine rings is 1. The maximum absolute atomic E-state index is 6.23. The first kappa shape index (κ1) is 20.0. The number of guanidine groups is 1. The van der Waals surface area contributed by atoms with Gasteiger partial charge in [0.2, 0.25) is 0 Å². The van der Waals surface area contributed by atoms with Crippen LogP contribution in [-0.2, 0) is 4.74 Å². The van der Waals surface area contributed by atoms with Crippen LogP contribution in [0.2, 0.25) is 0 Å². The molecule has 1 aromatic rings. The second-order valence-corrected chi connectivity index (χ2v) is 7.50. The van der Waals surface area contributed by atoms with Gasteiger partial charge in [-0.25, -0.2) is 0 Å². The van der Waals surface area contributed by atoms with Crippen LogP contribution in [-0.4, -0.2) is 56.9 Å². The van der Waals surface area contributed by atoms with E-state index in [0.717, 1.165) is 32.1 Å². The van der Waals surface area contributed by atoms with Crippen molar-refractivity contribution in [1.29, 1.82) is 0 Å². The SMILES string of the molecule is COc1ccc(C(CN=C(N)NC2CCCCCC2)N2CCOCC2)cc1. The summed E-state index contributed by atoms with van der Waals surface area (Å²) in [5.74, 6) is 1.45. The third-order valence-corrected chi connectivity index (χ3v) is 5.63. The summed E-state index contributed by atoms with van der Waals surface area (Å²) in [6.45, 7) is 4.03. The van der Waals surface area contributed by atoms with Gasteiger partial charge in [-0.3, -0.25) is 9.89 Å². The van der Waals surface area contributed by atoms with Crippen molar-refractivity contribution in [3.8, 4) is 5.75 Å². The van der Waals surface area contributed by atoms with Crippen molar-refractivity contribution in [3.63, 3.8) is 0 Å². The van der Waals surface area contributed by atoms with Crippen LogP contribution < -0.4 is 15.8 Å². The number of nitrogens with one attached hydrogen (secondary N) is 1. The second-order valence-electron chi connectivity index (χ2n) is 7.50. The second kappa shape index (κ2) is 10.5. The highest BCUT2D eigenvalue weighted by molar-refractivity contribution is 5.78. The standard InChI is InChI=1S/C21H34N4O2/c1-26-19-10-8-17(9-11-19)20(25-12-14-27-15-13-25)16-23-21(22)24-18-6-4-2-3-5-7-18/h8-11,18,20H,2-7,12-16H2,1H3,(H3,22,23,24). The first-order chi connectivity index (χ1) is 13.3. The molecule has 3 rings (SSSR count). The molecule has 1 aliphatic heterocycles. The van der Waals surface area contributed by atoms with Crippen LogP contribution in [0.4, 0.5) is 0 Å². The van der Waals surface area contributed by atoms with Crippen molar-refractivity contribution in [2.75, 3.05) is 40.0 Å². The number of rotatable bonds is 6. The molecule has 1 aromatic carbocycles. The van der Waals surface area contributed by atoms with E-state index in [9.17, 15) is 0 Å². The Morgan fingerprint density at radius 1 is 1.19 bits per heavy atom. The van der Waals surface area contributed by atoms with Gasteiger partial charge in [-0.05, 0) is 30.5 Å². The van der Waals surface area contributed by atoms with Gasteiger partial charge in [0, 0.05) is 19.1 Å². The minimum Gasteiger partial charge on any atom is -0.497 e. The average Bonchev–Trinajstić information content (AvgIpc) is 2.98. The van der Waals surface area contributed by atoms with Crippen LogP contribution in [0.3, 0.4) is 0 Å².